The smallest absolute Gasteiger partial charge is 0.276 e. The Morgan fingerprint density at radius 1 is 1.14 bits per heavy atom. The fourth-order valence-corrected chi connectivity index (χ4v) is 2.95. The number of carbonyl (C=O) groups is 1. The molecule has 0 fully saturated rings. The molecule has 1 aromatic heterocycles. The lowest BCUT2D eigenvalue weighted by Gasteiger charge is -2.06. The molecule has 1 heterocycles. The zero-order valence-corrected chi connectivity index (χ0v) is 15.6. The van der Waals surface area contributed by atoms with Crippen molar-refractivity contribution in [3.8, 4) is 5.69 Å². The molecule has 1 amide bonds. The highest BCUT2D eigenvalue weighted by Crippen LogP contribution is 2.19. The van der Waals surface area contributed by atoms with Gasteiger partial charge in [-0.15, -0.1) is 0 Å². The monoisotopic (exact) mass is 376 g/mol. The van der Waals surface area contributed by atoms with E-state index in [-0.39, 0.29) is 11.6 Å². The van der Waals surface area contributed by atoms with Crippen molar-refractivity contribution in [3.05, 3.63) is 93.3 Å². The van der Waals surface area contributed by atoms with E-state index in [2.05, 4.69) is 10.4 Å². The molecule has 28 heavy (non-hydrogen) atoms. The second-order valence-corrected chi connectivity index (χ2v) is 6.26. The summed E-state index contributed by atoms with van der Waals surface area (Å²) in [6.07, 6.45) is 2.75. The van der Waals surface area contributed by atoms with Gasteiger partial charge in [-0.3, -0.25) is 14.9 Å². The molecule has 3 aromatic rings. The van der Waals surface area contributed by atoms with Gasteiger partial charge in [-0.05, 0) is 38.1 Å². The van der Waals surface area contributed by atoms with Crippen LogP contribution >= 0.6 is 0 Å². The topological polar surface area (TPSA) is 90.1 Å². The molecule has 0 saturated carbocycles. The summed E-state index contributed by atoms with van der Waals surface area (Å²) in [4.78, 5) is 22.7. The Hall–Kier alpha value is -3.74. The zero-order valence-electron chi connectivity index (χ0n) is 15.6. The molecule has 0 bridgehead atoms. The molecule has 2 aromatic carbocycles. The van der Waals surface area contributed by atoms with E-state index in [4.69, 9.17) is 0 Å². The van der Waals surface area contributed by atoms with Crippen LogP contribution < -0.4 is 5.32 Å². The number of nitrogens with zero attached hydrogens (tertiary/aromatic N) is 3. The maximum absolute atomic E-state index is 12.2. The molecule has 1 N–H and O–H groups in total. The first-order valence-electron chi connectivity index (χ1n) is 8.77. The molecule has 3 rings (SSSR count). The number of amides is 1. The van der Waals surface area contributed by atoms with Crippen molar-refractivity contribution < 1.29 is 9.72 Å². The highest BCUT2D eigenvalue weighted by molar-refractivity contribution is 5.92. The minimum absolute atomic E-state index is 0.0395. The van der Waals surface area contributed by atoms with E-state index >= 15 is 0 Å². The Labute approximate surface area is 162 Å². The third-order valence-electron chi connectivity index (χ3n) is 4.43. The van der Waals surface area contributed by atoms with E-state index < -0.39 is 4.92 Å². The van der Waals surface area contributed by atoms with Gasteiger partial charge >= 0.3 is 0 Å². The largest absolute Gasteiger partial charge is 0.348 e. The molecular weight excluding hydrogens is 356 g/mol. The first kappa shape index (κ1) is 19.0. The van der Waals surface area contributed by atoms with Crippen LogP contribution in [-0.4, -0.2) is 20.6 Å². The van der Waals surface area contributed by atoms with Gasteiger partial charge in [0.25, 0.3) is 5.69 Å². The predicted molar refractivity (Wildman–Crippen MR) is 107 cm³/mol. The van der Waals surface area contributed by atoms with Crippen LogP contribution in [0.5, 0.6) is 0 Å². The molecule has 0 radical (unpaired) electrons. The number of carbonyl (C=O) groups excluding carboxylic acids is 1. The van der Waals surface area contributed by atoms with E-state index in [1.165, 1.54) is 18.2 Å². The fraction of sp³-hybridized carbons (Fsp3) is 0.143. The van der Waals surface area contributed by atoms with Gasteiger partial charge in [0.05, 0.1) is 21.9 Å². The Morgan fingerprint density at radius 3 is 2.54 bits per heavy atom. The summed E-state index contributed by atoms with van der Waals surface area (Å²) in [6, 6.07) is 16.1. The minimum atomic E-state index is -0.470. The summed E-state index contributed by atoms with van der Waals surface area (Å²) in [5, 5.41) is 18.4. The van der Waals surface area contributed by atoms with E-state index in [0.717, 1.165) is 22.6 Å². The second-order valence-electron chi connectivity index (χ2n) is 6.26. The van der Waals surface area contributed by atoms with Crippen molar-refractivity contribution >= 4 is 17.7 Å². The van der Waals surface area contributed by atoms with Gasteiger partial charge in [0, 0.05) is 29.9 Å². The van der Waals surface area contributed by atoms with E-state index in [0.29, 0.717) is 12.1 Å². The summed E-state index contributed by atoms with van der Waals surface area (Å²) >= 11 is 0. The van der Waals surface area contributed by atoms with Crippen LogP contribution in [0.1, 0.15) is 22.5 Å². The van der Waals surface area contributed by atoms with E-state index in [1.807, 2.05) is 48.9 Å². The quantitative estimate of drug-likeness (QED) is 0.403. The predicted octanol–water partition coefficient (Wildman–Crippen LogP) is 3.73. The van der Waals surface area contributed by atoms with Crippen LogP contribution in [0.3, 0.4) is 0 Å². The van der Waals surface area contributed by atoms with Crippen molar-refractivity contribution in [2.45, 2.75) is 20.4 Å². The number of para-hydroxylation sites is 2. The van der Waals surface area contributed by atoms with Crippen LogP contribution in [0, 0.1) is 24.0 Å². The molecule has 7 nitrogen and oxygen atoms in total. The lowest BCUT2D eigenvalue weighted by Crippen LogP contribution is -2.21. The molecule has 142 valence electrons. The van der Waals surface area contributed by atoms with Crippen molar-refractivity contribution in [3.63, 3.8) is 0 Å². The van der Waals surface area contributed by atoms with Crippen molar-refractivity contribution in [1.82, 2.24) is 15.1 Å². The van der Waals surface area contributed by atoms with E-state index in [1.54, 1.807) is 18.2 Å². The lowest BCUT2D eigenvalue weighted by atomic mass is 10.1. The average Bonchev–Trinajstić information content (AvgIpc) is 2.99. The molecule has 0 aliphatic carbocycles. The third-order valence-corrected chi connectivity index (χ3v) is 4.43. The molecule has 0 aliphatic rings. The summed E-state index contributed by atoms with van der Waals surface area (Å²) in [7, 11) is 0. The van der Waals surface area contributed by atoms with Gasteiger partial charge in [-0.25, -0.2) is 4.68 Å². The van der Waals surface area contributed by atoms with Crippen LogP contribution in [0.2, 0.25) is 0 Å². The summed E-state index contributed by atoms with van der Waals surface area (Å²) in [6.45, 7) is 4.18. The third kappa shape index (κ3) is 4.15. The molecule has 0 atom stereocenters. The Bertz CT molecular complexity index is 1040. The highest BCUT2D eigenvalue weighted by Gasteiger charge is 2.13. The summed E-state index contributed by atoms with van der Waals surface area (Å²) in [5.41, 5.74) is 4.03. The summed E-state index contributed by atoms with van der Waals surface area (Å²) in [5.74, 6) is -0.329. The van der Waals surface area contributed by atoms with Gasteiger partial charge < -0.3 is 5.32 Å². The molecular formula is C21H20N4O3. The summed E-state index contributed by atoms with van der Waals surface area (Å²) < 4.78 is 1.85. The molecule has 0 saturated heterocycles. The number of benzene rings is 2. The number of nitro benzene ring substituents is 1. The number of aryl methyl sites for hydroxylation is 1. The normalized spacial score (nSPS) is 10.9. The molecule has 7 heteroatoms. The van der Waals surface area contributed by atoms with Gasteiger partial charge in [0.1, 0.15) is 0 Å². The molecule has 0 unspecified atom stereocenters. The van der Waals surface area contributed by atoms with Gasteiger partial charge in [-0.1, -0.05) is 30.3 Å². The second kappa shape index (κ2) is 8.30. The molecule has 0 aliphatic heterocycles. The number of aromatic nitrogens is 2. The standard InChI is InChI=1S/C21H20N4O3/c1-15-19(16(2)24(23-15)18-9-4-3-5-10-18)14-22-21(26)13-12-17-8-6-7-11-20(17)25(27)28/h3-13H,14H2,1-2H3,(H,22,26)/b13-12+. The number of hydrogen-bond acceptors (Lipinski definition) is 4. The first-order valence-corrected chi connectivity index (χ1v) is 8.77. The van der Waals surface area contributed by atoms with Crippen molar-refractivity contribution in [2.24, 2.45) is 0 Å². The van der Waals surface area contributed by atoms with E-state index in [9.17, 15) is 14.9 Å². The van der Waals surface area contributed by atoms with Gasteiger partial charge in [0.2, 0.25) is 5.91 Å². The Balaban J connectivity index is 1.71. The van der Waals surface area contributed by atoms with Crippen molar-refractivity contribution in [2.75, 3.05) is 0 Å². The SMILES string of the molecule is Cc1nn(-c2ccccc2)c(C)c1CNC(=O)/C=C/c1ccccc1[N+](=O)[O-]. The van der Waals surface area contributed by atoms with Crippen LogP contribution in [-0.2, 0) is 11.3 Å². The lowest BCUT2D eigenvalue weighted by molar-refractivity contribution is -0.385. The maximum atomic E-state index is 12.2. The maximum Gasteiger partial charge on any atom is 0.276 e. The van der Waals surface area contributed by atoms with Crippen LogP contribution in [0.15, 0.2) is 60.7 Å². The minimum Gasteiger partial charge on any atom is -0.348 e. The Kier molecular flexibility index (Phi) is 5.64. The van der Waals surface area contributed by atoms with Crippen LogP contribution in [0.4, 0.5) is 5.69 Å². The molecule has 0 spiro atoms. The average molecular weight is 376 g/mol. The van der Waals surface area contributed by atoms with Gasteiger partial charge in [-0.2, -0.15) is 5.10 Å². The zero-order chi connectivity index (χ0) is 20.1. The number of rotatable bonds is 6. The number of nitrogens with one attached hydrogen (secondary N) is 1. The number of hydrogen-bond donors (Lipinski definition) is 1. The number of nitro groups is 1. The van der Waals surface area contributed by atoms with Gasteiger partial charge in [0.15, 0.2) is 0 Å². The first-order chi connectivity index (χ1) is 13.5. The highest BCUT2D eigenvalue weighted by atomic mass is 16.6. The van der Waals surface area contributed by atoms with Crippen LogP contribution in [0.25, 0.3) is 11.8 Å². The fourth-order valence-electron chi connectivity index (χ4n) is 2.95. The van der Waals surface area contributed by atoms with Crippen molar-refractivity contribution in [1.29, 1.82) is 0 Å². The Morgan fingerprint density at radius 2 is 1.82 bits per heavy atom.